The lowest BCUT2D eigenvalue weighted by Crippen LogP contribution is -1.86. The highest BCUT2D eigenvalue weighted by Gasteiger charge is 2.10. The van der Waals surface area contributed by atoms with Crippen molar-refractivity contribution in [1.82, 2.24) is 9.97 Å². The van der Waals surface area contributed by atoms with Crippen LogP contribution in [0, 0.1) is 20.8 Å². The second kappa shape index (κ2) is 4.49. The van der Waals surface area contributed by atoms with Crippen LogP contribution >= 0.6 is 15.9 Å². The summed E-state index contributed by atoms with van der Waals surface area (Å²) >= 11 is 3.52. The van der Waals surface area contributed by atoms with E-state index in [2.05, 4.69) is 72.0 Å². The first-order valence-electron chi connectivity index (χ1n) is 6.28. The summed E-state index contributed by atoms with van der Waals surface area (Å²) in [6.45, 7) is 6.31. The van der Waals surface area contributed by atoms with Crippen molar-refractivity contribution in [3.63, 3.8) is 0 Å². The fourth-order valence-electron chi connectivity index (χ4n) is 2.45. The summed E-state index contributed by atoms with van der Waals surface area (Å²) in [7, 11) is 0. The van der Waals surface area contributed by atoms with Crippen LogP contribution in [0.4, 0.5) is 0 Å². The van der Waals surface area contributed by atoms with Crippen LogP contribution in [0.25, 0.3) is 22.4 Å². The Morgan fingerprint density at radius 3 is 2.53 bits per heavy atom. The third-order valence-electron chi connectivity index (χ3n) is 3.38. The highest BCUT2D eigenvalue weighted by atomic mass is 79.9. The number of fused-ring (bicyclic) bond motifs is 1. The van der Waals surface area contributed by atoms with Gasteiger partial charge in [-0.3, -0.25) is 0 Å². The van der Waals surface area contributed by atoms with E-state index in [0.717, 1.165) is 26.9 Å². The van der Waals surface area contributed by atoms with Crippen molar-refractivity contribution >= 4 is 27.0 Å². The third-order valence-corrected chi connectivity index (χ3v) is 3.84. The summed E-state index contributed by atoms with van der Waals surface area (Å²) in [6.07, 6.45) is 0. The molecule has 0 fully saturated rings. The number of H-pyrrole nitrogens is 1. The van der Waals surface area contributed by atoms with Crippen molar-refractivity contribution in [1.29, 1.82) is 0 Å². The highest BCUT2D eigenvalue weighted by Crippen LogP contribution is 2.27. The van der Waals surface area contributed by atoms with E-state index in [1.165, 1.54) is 16.7 Å². The number of imidazole rings is 1. The Balaban J connectivity index is 2.23. The quantitative estimate of drug-likeness (QED) is 0.678. The molecule has 2 nitrogen and oxygen atoms in total. The lowest BCUT2D eigenvalue weighted by molar-refractivity contribution is 1.29. The van der Waals surface area contributed by atoms with Crippen LogP contribution in [0.1, 0.15) is 16.7 Å². The molecule has 0 unspecified atom stereocenters. The van der Waals surface area contributed by atoms with Gasteiger partial charge in [0.15, 0.2) is 0 Å². The molecule has 0 spiro atoms. The molecular weight excluding hydrogens is 300 g/mol. The molecule has 0 atom stereocenters. The van der Waals surface area contributed by atoms with Crippen LogP contribution in [0.2, 0.25) is 0 Å². The van der Waals surface area contributed by atoms with Gasteiger partial charge in [0, 0.05) is 10.0 Å². The Morgan fingerprint density at radius 1 is 1.00 bits per heavy atom. The number of hydrogen-bond donors (Lipinski definition) is 1. The molecule has 0 saturated carbocycles. The van der Waals surface area contributed by atoms with E-state index in [1.54, 1.807) is 0 Å². The van der Waals surface area contributed by atoms with Gasteiger partial charge in [-0.15, -0.1) is 0 Å². The summed E-state index contributed by atoms with van der Waals surface area (Å²) < 4.78 is 1.08. The fourth-order valence-corrected chi connectivity index (χ4v) is 3.03. The standard InChI is InChI=1S/C16H15BrN2/c1-9-4-5-13(10(2)6-9)16-18-14-8-12(17)7-11(3)15(14)19-16/h4-8H,1-3H3,(H,18,19). The maximum Gasteiger partial charge on any atom is 0.138 e. The minimum atomic E-state index is 0.939. The molecule has 0 aliphatic heterocycles. The molecule has 3 rings (SSSR count). The molecule has 0 amide bonds. The number of nitrogens with one attached hydrogen (secondary N) is 1. The van der Waals surface area contributed by atoms with Crippen LogP contribution in [-0.4, -0.2) is 9.97 Å². The number of hydrogen-bond acceptors (Lipinski definition) is 1. The van der Waals surface area contributed by atoms with Crippen LogP contribution in [0.15, 0.2) is 34.8 Å². The molecule has 1 N–H and O–H groups in total. The Morgan fingerprint density at radius 2 is 1.79 bits per heavy atom. The summed E-state index contributed by atoms with van der Waals surface area (Å²) in [6, 6.07) is 10.6. The SMILES string of the molecule is Cc1ccc(-c2nc3c(C)cc(Br)cc3[nH]2)c(C)c1. The second-order valence-corrected chi connectivity index (χ2v) is 5.94. The molecular formula is C16H15BrN2. The number of nitrogens with zero attached hydrogens (tertiary/aromatic N) is 1. The number of aromatic amines is 1. The van der Waals surface area contributed by atoms with Crippen molar-refractivity contribution in [3.8, 4) is 11.4 Å². The predicted octanol–water partition coefficient (Wildman–Crippen LogP) is 4.92. The van der Waals surface area contributed by atoms with Crippen LogP contribution < -0.4 is 0 Å². The summed E-state index contributed by atoms with van der Waals surface area (Å²) in [5.41, 5.74) is 6.97. The Kier molecular flexibility index (Phi) is 2.94. The first-order chi connectivity index (χ1) is 9.04. The Bertz CT molecular complexity index is 772. The highest BCUT2D eigenvalue weighted by molar-refractivity contribution is 9.10. The van der Waals surface area contributed by atoms with Crippen molar-refractivity contribution in [2.24, 2.45) is 0 Å². The molecule has 0 bridgehead atoms. The van der Waals surface area contributed by atoms with E-state index in [0.29, 0.717) is 0 Å². The number of benzene rings is 2. The van der Waals surface area contributed by atoms with Gasteiger partial charge < -0.3 is 4.98 Å². The van der Waals surface area contributed by atoms with E-state index in [4.69, 9.17) is 4.98 Å². The van der Waals surface area contributed by atoms with Gasteiger partial charge in [-0.25, -0.2) is 4.98 Å². The minimum absolute atomic E-state index is 0.939. The lowest BCUT2D eigenvalue weighted by Gasteiger charge is -2.03. The van der Waals surface area contributed by atoms with Gasteiger partial charge >= 0.3 is 0 Å². The number of aromatic nitrogens is 2. The summed E-state index contributed by atoms with van der Waals surface area (Å²) in [5.74, 6) is 0.939. The fraction of sp³-hybridized carbons (Fsp3) is 0.188. The van der Waals surface area contributed by atoms with Gasteiger partial charge in [0.1, 0.15) is 5.82 Å². The van der Waals surface area contributed by atoms with Gasteiger partial charge in [0.05, 0.1) is 11.0 Å². The van der Waals surface area contributed by atoms with Crippen LogP contribution in [-0.2, 0) is 0 Å². The van der Waals surface area contributed by atoms with E-state index in [9.17, 15) is 0 Å². The van der Waals surface area contributed by atoms with Crippen molar-refractivity contribution in [3.05, 3.63) is 51.5 Å². The van der Waals surface area contributed by atoms with Gasteiger partial charge in [-0.2, -0.15) is 0 Å². The van der Waals surface area contributed by atoms with E-state index in [-0.39, 0.29) is 0 Å². The first kappa shape index (κ1) is 12.4. The minimum Gasteiger partial charge on any atom is -0.338 e. The zero-order valence-electron chi connectivity index (χ0n) is 11.2. The van der Waals surface area contributed by atoms with E-state index < -0.39 is 0 Å². The average Bonchev–Trinajstić information content (AvgIpc) is 2.72. The van der Waals surface area contributed by atoms with Gasteiger partial charge in [0.25, 0.3) is 0 Å². The smallest absolute Gasteiger partial charge is 0.138 e. The van der Waals surface area contributed by atoms with Crippen molar-refractivity contribution < 1.29 is 0 Å². The molecule has 0 saturated heterocycles. The third kappa shape index (κ3) is 2.19. The Labute approximate surface area is 121 Å². The molecule has 19 heavy (non-hydrogen) atoms. The Hall–Kier alpha value is -1.61. The molecule has 1 heterocycles. The maximum absolute atomic E-state index is 4.74. The van der Waals surface area contributed by atoms with Gasteiger partial charge in [-0.05, 0) is 44.0 Å². The number of aryl methyl sites for hydroxylation is 3. The van der Waals surface area contributed by atoms with Crippen molar-refractivity contribution in [2.75, 3.05) is 0 Å². The first-order valence-corrected chi connectivity index (χ1v) is 7.07. The largest absolute Gasteiger partial charge is 0.338 e. The van der Waals surface area contributed by atoms with E-state index >= 15 is 0 Å². The molecule has 0 aliphatic rings. The number of rotatable bonds is 1. The maximum atomic E-state index is 4.74. The zero-order valence-corrected chi connectivity index (χ0v) is 12.8. The van der Waals surface area contributed by atoms with Crippen LogP contribution in [0.3, 0.4) is 0 Å². The molecule has 2 aromatic carbocycles. The van der Waals surface area contributed by atoms with E-state index in [1.807, 2.05) is 0 Å². The average molecular weight is 315 g/mol. The molecule has 96 valence electrons. The molecule has 0 radical (unpaired) electrons. The molecule has 0 aliphatic carbocycles. The molecule has 3 heteroatoms. The normalized spacial score (nSPS) is 11.2. The van der Waals surface area contributed by atoms with Crippen LogP contribution in [0.5, 0.6) is 0 Å². The second-order valence-electron chi connectivity index (χ2n) is 5.02. The zero-order chi connectivity index (χ0) is 13.6. The van der Waals surface area contributed by atoms with Crippen molar-refractivity contribution in [2.45, 2.75) is 20.8 Å². The topological polar surface area (TPSA) is 28.7 Å². The van der Waals surface area contributed by atoms with Gasteiger partial charge in [-0.1, -0.05) is 39.7 Å². The lowest BCUT2D eigenvalue weighted by atomic mass is 10.1. The monoisotopic (exact) mass is 314 g/mol. The number of halogens is 1. The molecule has 3 aromatic rings. The summed E-state index contributed by atoms with van der Waals surface area (Å²) in [4.78, 5) is 8.15. The summed E-state index contributed by atoms with van der Waals surface area (Å²) in [5, 5.41) is 0. The van der Waals surface area contributed by atoms with Gasteiger partial charge in [0.2, 0.25) is 0 Å². The predicted molar refractivity (Wildman–Crippen MR) is 83.4 cm³/mol. The molecule has 1 aromatic heterocycles.